The van der Waals surface area contributed by atoms with Crippen molar-refractivity contribution in [2.24, 2.45) is 0 Å². The molecule has 0 aromatic heterocycles. The number of likely N-dealkylation sites (tertiary alicyclic amines) is 1. The molecule has 19 heavy (non-hydrogen) atoms. The molecule has 0 aliphatic carbocycles. The van der Waals surface area contributed by atoms with Crippen LogP contribution in [0.4, 0.5) is 4.79 Å². The van der Waals surface area contributed by atoms with Crippen molar-refractivity contribution in [3.63, 3.8) is 0 Å². The van der Waals surface area contributed by atoms with Gasteiger partial charge in [-0.2, -0.15) is 0 Å². The minimum Gasteiger partial charge on any atom is -0.492 e. The van der Waals surface area contributed by atoms with Crippen LogP contribution in [-0.2, 0) is 0 Å². The third-order valence-corrected chi connectivity index (χ3v) is 3.32. The lowest BCUT2D eigenvalue weighted by Gasteiger charge is -2.26. The number of carbonyl (C=O) groups excluding carboxylic acids is 1. The number of nitrogens with one attached hydrogen (secondary N) is 1. The SMILES string of the molecule is O=C(NCCOc1cccc(Cl)c1)N1CCCCC1. The van der Waals surface area contributed by atoms with Gasteiger partial charge in [-0.05, 0) is 37.5 Å². The molecule has 5 heteroatoms. The summed E-state index contributed by atoms with van der Waals surface area (Å²) >= 11 is 5.85. The van der Waals surface area contributed by atoms with Gasteiger partial charge < -0.3 is 15.0 Å². The molecule has 2 amide bonds. The lowest BCUT2D eigenvalue weighted by Crippen LogP contribution is -2.43. The van der Waals surface area contributed by atoms with E-state index in [2.05, 4.69) is 5.32 Å². The van der Waals surface area contributed by atoms with Crippen LogP contribution in [0.5, 0.6) is 5.75 Å². The molecule has 0 spiro atoms. The molecule has 1 N–H and O–H groups in total. The fraction of sp³-hybridized carbons (Fsp3) is 0.500. The number of ether oxygens (including phenoxy) is 1. The molecular formula is C14H19ClN2O2. The fourth-order valence-electron chi connectivity index (χ4n) is 2.09. The van der Waals surface area contributed by atoms with Crippen LogP contribution in [-0.4, -0.2) is 37.2 Å². The number of amides is 2. The third kappa shape index (κ3) is 4.63. The zero-order valence-electron chi connectivity index (χ0n) is 10.9. The highest BCUT2D eigenvalue weighted by molar-refractivity contribution is 6.30. The van der Waals surface area contributed by atoms with Gasteiger partial charge in [0.1, 0.15) is 12.4 Å². The largest absolute Gasteiger partial charge is 0.492 e. The molecule has 104 valence electrons. The molecule has 1 heterocycles. The molecule has 0 unspecified atom stereocenters. The van der Waals surface area contributed by atoms with E-state index < -0.39 is 0 Å². The number of halogens is 1. The summed E-state index contributed by atoms with van der Waals surface area (Å²) in [5.41, 5.74) is 0. The van der Waals surface area contributed by atoms with E-state index in [1.165, 1.54) is 6.42 Å². The van der Waals surface area contributed by atoms with Crippen LogP contribution >= 0.6 is 11.6 Å². The van der Waals surface area contributed by atoms with E-state index in [4.69, 9.17) is 16.3 Å². The lowest BCUT2D eigenvalue weighted by molar-refractivity contribution is 0.184. The van der Waals surface area contributed by atoms with Crippen LogP contribution in [0.1, 0.15) is 19.3 Å². The van der Waals surface area contributed by atoms with Gasteiger partial charge in [-0.1, -0.05) is 17.7 Å². The van der Waals surface area contributed by atoms with E-state index >= 15 is 0 Å². The molecule has 0 bridgehead atoms. The van der Waals surface area contributed by atoms with Crippen LogP contribution < -0.4 is 10.1 Å². The van der Waals surface area contributed by atoms with E-state index in [1.807, 2.05) is 17.0 Å². The normalized spacial score (nSPS) is 15.1. The Morgan fingerprint density at radius 1 is 1.32 bits per heavy atom. The van der Waals surface area contributed by atoms with Crippen molar-refractivity contribution in [3.05, 3.63) is 29.3 Å². The Balaban J connectivity index is 1.65. The van der Waals surface area contributed by atoms with Gasteiger partial charge >= 0.3 is 6.03 Å². The molecule has 1 fully saturated rings. The Bertz CT molecular complexity index is 420. The topological polar surface area (TPSA) is 41.6 Å². The number of nitrogens with zero attached hydrogens (tertiary/aromatic N) is 1. The number of urea groups is 1. The molecule has 0 atom stereocenters. The van der Waals surface area contributed by atoms with Crippen LogP contribution in [0.3, 0.4) is 0 Å². The second kappa shape index (κ2) is 7.24. The average molecular weight is 283 g/mol. The summed E-state index contributed by atoms with van der Waals surface area (Å²) in [5.74, 6) is 0.722. The van der Waals surface area contributed by atoms with E-state index in [0.29, 0.717) is 18.2 Å². The Morgan fingerprint density at radius 2 is 2.11 bits per heavy atom. The summed E-state index contributed by atoms with van der Waals surface area (Å²) in [5, 5.41) is 3.51. The van der Waals surface area contributed by atoms with Gasteiger partial charge in [0.05, 0.1) is 6.54 Å². The van der Waals surface area contributed by atoms with Gasteiger partial charge in [0.25, 0.3) is 0 Å². The minimum absolute atomic E-state index is 0.00870. The zero-order valence-corrected chi connectivity index (χ0v) is 11.7. The van der Waals surface area contributed by atoms with Crippen LogP contribution in [0, 0.1) is 0 Å². The van der Waals surface area contributed by atoms with E-state index in [0.717, 1.165) is 31.7 Å². The predicted molar refractivity (Wildman–Crippen MR) is 75.8 cm³/mol. The van der Waals surface area contributed by atoms with Crippen molar-refractivity contribution >= 4 is 17.6 Å². The molecule has 0 saturated carbocycles. The molecular weight excluding hydrogens is 264 g/mol. The summed E-state index contributed by atoms with van der Waals surface area (Å²) < 4.78 is 5.51. The van der Waals surface area contributed by atoms with Crippen LogP contribution in [0.2, 0.25) is 5.02 Å². The Kier molecular flexibility index (Phi) is 5.33. The second-order valence-electron chi connectivity index (χ2n) is 4.59. The fourth-order valence-corrected chi connectivity index (χ4v) is 2.27. The first kappa shape index (κ1) is 14.0. The Morgan fingerprint density at radius 3 is 2.84 bits per heavy atom. The predicted octanol–water partition coefficient (Wildman–Crippen LogP) is 2.91. The highest BCUT2D eigenvalue weighted by Gasteiger charge is 2.15. The summed E-state index contributed by atoms with van der Waals surface area (Å²) in [4.78, 5) is 13.7. The molecule has 1 aliphatic heterocycles. The van der Waals surface area contributed by atoms with Gasteiger partial charge in [0, 0.05) is 18.1 Å². The van der Waals surface area contributed by atoms with Crippen molar-refractivity contribution in [3.8, 4) is 5.75 Å². The number of hydrogen-bond acceptors (Lipinski definition) is 2. The molecule has 0 radical (unpaired) electrons. The van der Waals surface area contributed by atoms with Crippen molar-refractivity contribution in [2.45, 2.75) is 19.3 Å². The molecule has 2 rings (SSSR count). The summed E-state index contributed by atoms with van der Waals surface area (Å²) in [7, 11) is 0. The quantitative estimate of drug-likeness (QED) is 0.863. The molecule has 1 aliphatic rings. The first-order valence-electron chi connectivity index (χ1n) is 6.67. The van der Waals surface area contributed by atoms with E-state index in [-0.39, 0.29) is 6.03 Å². The molecule has 4 nitrogen and oxygen atoms in total. The molecule has 1 aromatic carbocycles. The zero-order chi connectivity index (χ0) is 13.5. The lowest BCUT2D eigenvalue weighted by atomic mass is 10.1. The van der Waals surface area contributed by atoms with E-state index in [1.54, 1.807) is 12.1 Å². The minimum atomic E-state index is 0.00870. The van der Waals surface area contributed by atoms with Gasteiger partial charge in [-0.25, -0.2) is 4.79 Å². The monoisotopic (exact) mass is 282 g/mol. The maximum atomic E-state index is 11.8. The van der Waals surface area contributed by atoms with E-state index in [9.17, 15) is 4.79 Å². The smallest absolute Gasteiger partial charge is 0.317 e. The van der Waals surface area contributed by atoms with Crippen molar-refractivity contribution in [2.75, 3.05) is 26.2 Å². The van der Waals surface area contributed by atoms with Crippen molar-refractivity contribution in [1.82, 2.24) is 10.2 Å². The number of benzene rings is 1. The number of hydrogen-bond donors (Lipinski definition) is 1. The third-order valence-electron chi connectivity index (χ3n) is 3.09. The summed E-state index contributed by atoms with van der Waals surface area (Å²) in [6, 6.07) is 7.25. The number of piperidine rings is 1. The Labute approximate surface area is 118 Å². The molecule has 1 saturated heterocycles. The second-order valence-corrected chi connectivity index (χ2v) is 5.02. The maximum absolute atomic E-state index is 11.8. The highest BCUT2D eigenvalue weighted by atomic mass is 35.5. The standard InChI is InChI=1S/C14H19ClN2O2/c15-12-5-4-6-13(11-12)19-10-7-16-14(18)17-8-2-1-3-9-17/h4-6,11H,1-3,7-10H2,(H,16,18). The average Bonchev–Trinajstić information content (AvgIpc) is 2.44. The van der Waals surface area contributed by atoms with Crippen LogP contribution in [0.25, 0.3) is 0 Å². The van der Waals surface area contributed by atoms with Crippen molar-refractivity contribution < 1.29 is 9.53 Å². The van der Waals surface area contributed by atoms with Gasteiger partial charge in [-0.3, -0.25) is 0 Å². The van der Waals surface area contributed by atoms with Crippen LogP contribution in [0.15, 0.2) is 24.3 Å². The molecule has 1 aromatic rings. The van der Waals surface area contributed by atoms with Crippen molar-refractivity contribution in [1.29, 1.82) is 0 Å². The summed E-state index contributed by atoms with van der Waals surface area (Å²) in [6.07, 6.45) is 3.43. The van der Waals surface area contributed by atoms with Gasteiger partial charge in [-0.15, -0.1) is 0 Å². The maximum Gasteiger partial charge on any atom is 0.317 e. The van der Waals surface area contributed by atoms with Gasteiger partial charge in [0.15, 0.2) is 0 Å². The first-order valence-corrected chi connectivity index (χ1v) is 7.04. The highest BCUT2D eigenvalue weighted by Crippen LogP contribution is 2.16. The number of carbonyl (C=O) groups is 1. The number of rotatable bonds is 4. The first-order chi connectivity index (χ1) is 9.25. The van der Waals surface area contributed by atoms with Gasteiger partial charge in [0.2, 0.25) is 0 Å². The Hall–Kier alpha value is -1.42. The summed E-state index contributed by atoms with van der Waals surface area (Å²) in [6.45, 7) is 2.67.